The van der Waals surface area contributed by atoms with Crippen molar-refractivity contribution in [1.29, 1.82) is 0 Å². The van der Waals surface area contributed by atoms with E-state index in [0.717, 1.165) is 6.08 Å². The molecule has 3 nitrogen and oxygen atoms in total. The maximum atomic E-state index is 10.6. The summed E-state index contributed by atoms with van der Waals surface area (Å²) < 4.78 is 0. The summed E-state index contributed by atoms with van der Waals surface area (Å²) in [5, 5.41) is 10.6. The zero-order valence-corrected chi connectivity index (χ0v) is 11.9. The molecule has 0 aliphatic carbocycles. The van der Waals surface area contributed by atoms with Crippen molar-refractivity contribution in [2.24, 2.45) is 0 Å². The van der Waals surface area contributed by atoms with Crippen molar-refractivity contribution in [1.82, 2.24) is 0 Å². The number of ketones is 1. The fraction of sp³-hybridized carbons (Fsp3) is 0. The summed E-state index contributed by atoms with van der Waals surface area (Å²) in [5.74, 6) is -2.77. The molecule has 1 aromatic rings. The standard InChI is InChI=1S/C10H7ClO3.K/c11-8-4-1-7(2-5-8)3-6-9(12)10(13)14;/h1-6H,(H,13,14);/q;+1/p-1/b6-3+;. The number of halogens is 1. The summed E-state index contributed by atoms with van der Waals surface area (Å²) in [7, 11) is 0. The van der Waals surface area contributed by atoms with E-state index in [1.807, 2.05) is 0 Å². The van der Waals surface area contributed by atoms with Gasteiger partial charge in [0.2, 0.25) is 5.78 Å². The van der Waals surface area contributed by atoms with Crippen LogP contribution in [0.3, 0.4) is 0 Å². The molecule has 0 aliphatic heterocycles. The number of carboxylic acids is 1. The van der Waals surface area contributed by atoms with Gasteiger partial charge < -0.3 is 9.90 Å². The van der Waals surface area contributed by atoms with Gasteiger partial charge in [0.05, 0.1) is 0 Å². The van der Waals surface area contributed by atoms with E-state index >= 15 is 0 Å². The fourth-order valence-electron chi connectivity index (χ4n) is 0.814. The Morgan fingerprint density at radius 2 is 1.73 bits per heavy atom. The Labute approximate surface area is 135 Å². The van der Waals surface area contributed by atoms with Gasteiger partial charge in [-0.2, -0.15) is 0 Å². The van der Waals surface area contributed by atoms with Crippen molar-refractivity contribution in [3.63, 3.8) is 0 Å². The number of carbonyl (C=O) groups excluding carboxylic acids is 2. The molecule has 5 heteroatoms. The molecule has 72 valence electrons. The Morgan fingerprint density at radius 1 is 1.20 bits per heavy atom. The molecule has 0 saturated carbocycles. The van der Waals surface area contributed by atoms with Crippen LogP contribution in [0.4, 0.5) is 0 Å². The second-order valence-corrected chi connectivity index (χ2v) is 2.97. The first-order valence-electron chi connectivity index (χ1n) is 3.78. The molecule has 0 amide bonds. The first-order valence-corrected chi connectivity index (χ1v) is 4.16. The number of aliphatic carboxylic acids is 1. The molecule has 15 heavy (non-hydrogen) atoms. The molecule has 0 fully saturated rings. The van der Waals surface area contributed by atoms with Crippen molar-refractivity contribution in [3.05, 3.63) is 40.9 Å². The Kier molecular flexibility index (Phi) is 7.34. The van der Waals surface area contributed by atoms with Gasteiger partial charge in [-0.05, 0) is 23.8 Å². The topological polar surface area (TPSA) is 57.2 Å². The number of carboxylic acid groups (broad SMARTS) is 1. The Morgan fingerprint density at radius 3 is 2.20 bits per heavy atom. The molecular formula is C10H6ClKO3. The third kappa shape index (κ3) is 5.60. The zero-order chi connectivity index (χ0) is 10.6. The van der Waals surface area contributed by atoms with E-state index in [1.54, 1.807) is 24.3 Å². The number of carbonyl (C=O) groups is 2. The van der Waals surface area contributed by atoms with E-state index in [4.69, 9.17) is 11.6 Å². The molecule has 1 rings (SSSR count). The van der Waals surface area contributed by atoms with Crippen LogP contribution in [0, 0.1) is 0 Å². The van der Waals surface area contributed by atoms with Crippen molar-refractivity contribution >= 4 is 29.4 Å². The van der Waals surface area contributed by atoms with Crippen LogP contribution < -0.4 is 56.5 Å². The maximum absolute atomic E-state index is 10.6. The van der Waals surface area contributed by atoms with E-state index in [-0.39, 0.29) is 51.4 Å². The molecule has 0 bridgehead atoms. The molecule has 1 aromatic carbocycles. The van der Waals surface area contributed by atoms with Crippen LogP contribution in [-0.4, -0.2) is 11.8 Å². The van der Waals surface area contributed by atoms with Gasteiger partial charge in [-0.15, -0.1) is 0 Å². The number of hydrogen-bond donors (Lipinski definition) is 0. The fourth-order valence-corrected chi connectivity index (χ4v) is 0.940. The van der Waals surface area contributed by atoms with Gasteiger partial charge in [0, 0.05) is 5.02 Å². The monoisotopic (exact) mass is 248 g/mol. The Balaban J connectivity index is 0.00000196. The summed E-state index contributed by atoms with van der Waals surface area (Å²) in [6.07, 6.45) is 2.33. The van der Waals surface area contributed by atoms with Gasteiger partial charge in [0.1, 0.15) is 5.97 Å². The molecule has 0 unspecified atom stereocenters. The summed E-state index contributed by atoms with van der Waals surface area (Å²) in [6.45, 7) is 0. The predicted octanol–water partition coefficient (Wildman–Crippen LogP) is -2.32. The summed E-state index contributed by atoms with van der Waals surface area (Å²) in [6, 6.07) is 6.62. The largest absolute Gasteiger partial charge is 1.00 e. The third-order valence-corrected chi connectivity index (χ3v) is 1.75. The minimum atomic E-state index is -1.71. The van der Waals surface area contributed by atoms with Crippen molar-refractivity contribution in [3.8, 4) is 0 Å². The second-order valence-electron chi connectivity index (χ2n) is 2.54. The van der Waals surface area contributed by atoms with Crippen molar-refractivity contribution in [2.45, 2.75) is 0 Å². The van der Waals surface area contributed by atoms with Crippen LogP contribution in [0.2, 0.25) is 5.02 Å². The molecular weight excluding hydrogens is 243 g/mol. The first-order chi connectivity index (χ1) is 6.59. The molecule has 0 radical (unpaired) electrons. The quantitative estimate of drug-likeness (QED) is 0.343. The van der Waals surface area contributed by atoms with E-state index in [1.165, 1.54) is 6.08 Å². The molecule has 0 N–H and O–H groups in total. The molecule has 0 aliphatic rings. The molecule has 0 heterocycles. The Bertz CT molecular complexity index is 384. The summed E-state index contributed by atoms with van der Waals surface area (Å²) >= 11 is 5.63. The third-order valence-electron chi connectivity index (χ3n) is 1.50. The average Bonchev–Trinajstić information content (AvgIpc) is 2.16. The summed E-state index contributed by atoms with van der Waals surface area (Å²) in [4.78, 5) is 20.6. The van der Waals surface area contributed by atoms with Gasteiger partial charge in [0.25, 0.3) is 0 Å². The van der Waals surface area contributed by atoms with Gasteiger partial charge in [-0.3, -0.25) is 4.79 Å². The van der Waals surface area contributed by atoms with Gasteiger partial charge in [-0.25, -0.2) is 0 Å². The maximum Gasteiger partial charge on any atom is 1.00 e. The van der Waals surface area contributed by atoms with Crippen LogP contribution in [0.25, 0.3) is 6.08 Å². The average molecular weight is 249 g/mol. The van der Waals surface area contributed by atoms with Crippen molar-refractivity contribution < 1.29 is 66.1 Å². The minimum Gasteiger partial charge on any atom is -0.541 e. The normalized spacial score (nSPS) is 9.67. The zero-order valence-electron chi connectivity index (χ0n) is 8.07. The first kappa shape index (κ1) is 15.0. The smallest absolute Gasteiger partial charge is 0.541 e. The van der Waals surface area contributed by atoms with E-state index in [2.05, 4.69) is 0 Å². The minimum absolute atomic E-state index is 0. The number of rotatable bonds is 3. The van der Waals surface area contributed by atoms with Crippen LogP contribution in [0.1, 0.15) is 5.56 Å². The predicted molar refractivity (Wildman–Crippen MR) is 50.5 cm³/mol. The Hall–Kier alpha value is 0.0264. The van der Waals surface area contributed by atoms with Crippen LogP contribution in [0.15, 0.2) is 30.3 Å². The van der Waals surface area contributed by atoms with Crippen LogP contribution in [0.5, 0.6) is 0 Å². The van der Waals surface area contributed by atoms with Crippen LogP contribution >= 0.6 is 11.6 Å². The van der Waals surface area contributed by atoms with E-state index in [0.29, 0.717) is 10.6 Å². The SMILES string of the molecule is O=C([O-])C(=O)/C=C/c1ccc(Cl)cc1.[K+]. The number of benzene rings is 1. The second kappa shape index (κ2) is 7.32. The van der Waals surface area contributed by atoms with Gasteiger partial charge in [-0.1, -0.05) is 29.8 Å². The summed E-state index contributed by atoms with van der Waals surface area (Å²) in [5.41, 5.74) is 0.698. The van der Waals surface area contributed by atoms with Crippen LogP contribution in [-0.2, 0) is 9.59 Å². The molecule has 0 spiro atoms. The molecule has 0 atom stereocenters. The van der Waals surface area contributed by atoms with E-state index < -0.39 is 11.8 Å². The number of hydrogen-bond acceptors (Lipinski definition) is 3. The van der Waals surface area contributed by atoms with E-state index in [9.17, 15) is 14.7 Å². The molecule has 0 saturated heterocycles. The van der Waals surface area contributed by atoms with Gasteiger partial charge in [0.15, 0.2) is 0 Å². The van der Waals surface area contributed by atoms with Crippen molar-refractivity contribution in [2.75, 3.05) is 0 Å². The van der Waals surface area contributed by atoms with Gasteiger partial charge >= 0.3 is 51.4 Å². The molecule has 0 aromatic heterocycles.